The number of halogens is 3. The molecular formula is C11H15BF3KO3. The summed E-state index contributed by atoms with van der Waals surface area (Å²) >= 11 is 0. The Morgan fingerprint density at radius 1 is 1.00 bits per heavy atom. The third-order valence-corrected chi connectivity index (χ3v) is 2.19. The molecule has 0 unspecified atom stereocenters. The van der Waals surface area contributed by atoms with Crippen molar-refractivity contribution in [2.75, 3.05) is 33.5 Å². The van der Waals surface area contributed by atoms with Crippen molar-refractivity contribution in [3.05, 3.63) is 24.3 Å². The van der Waals surface area contributed by atoms with Gasteiger partial charge < -0.3 is 27.2 Å². The Bertz CT molecular complexity index is 363. The van der Waals surface area contributed by atoms with Crippen LogP contribution in [0, 0.1) is 0 Å². The van der Waals surface area contributed by atoms with Crippen LogP contribution < -0.4 is 61.6 Å². The monoisotopic (exact) mass is 302 g/mol. The van der Waals surface area contributed by atoms with E-state index < -0.39 is 12.4 Å². The van der Waals surface area contributed by atoms with E-state index in [1.54, 1.807) is 7.11 Å². The number of methoxy groups -OCH3 is 1. The molecule has 0 aliphatic carbocycles. The number of hydrogen-bond acceptors (Lipinski definition) is 3. The zero-order valence-electron chi connectivity index (χ0n) is 11.1. The van der Waals surface area contributed by atoms with Crippen molar-refractivity contribution in [1.29, 1.82) is 0 Å². The molecule has 0 spiro atoms. The van der Waals surface area contributed by atoms with Crippen molar-refractivity contribution in [3.63, 3.8) is 0 Å². The third-order valence-electron chi connectivity index (χ3n) is 2.19. The topological polar surface area (TPSA) is 27.7 Å². The summed E-state index contributed by atoms with van der Waals surface area (Å²) in [5.41, 5.74) is -0.714. The van der Waals surface area contributed by atoms with Crippen LogP contribution in [0.1, 0.15) is 0 Å². The number of para-hydroxylation sites is 1. The molecule has 8 heteroatoms. The van der Waals surface area contributed by atoms with Gasteiger partial charge in [0.05, 0.1) is 25.6 Å². The summed E-state index contributed by atoms with van der Waals surface area (Å²) in [6.45, 7) is -3.91. The largest absolute Gasteiger partial charge is 1.00 e. The van der Waals surface area contributed by atoms with Gasteiger partial charge in [-0.05, 0) is 6.07 Å². The molecule has 0 radical (unpaired) electrons. The molecule has 0 heterocycles. The van der Waals surface area contributed by atoms with Gasteiger partial charge in [0.2, 0.25) is 0 Å². The van der Waals surface area contributed by atoms with Crippen molar-refractivity contribution in [2.45, 2.75) is 0 Å². The van der Waals surface area contributed by atoms with Gasteiger partial charge >= 0.3 is 58.4 Å². The summed E-state index contributed by atoms with van der Waals surface area (Å²) in [7, 11) is 1.54. The van der Waals surface area contributed by atoms with E-state index in [0.717, 1.165) is 6.07 Å². The number of ether oxygens (including phenoxy) is 3. The summed E-state index contributed by atoms with van der Waals surface area (Å²) in [6.07, 6.45) is 0. The molecule has 0 aliphatic heterocycles. The summed E-state index contributed by atoms with van der Waals surface area (Å²) in [6, 6.07) is 5.17. The van der Waals surface area contributed by atoms with E-state index in [0.29, 0.717) is 13.2 Å². The van der Waals surface area contributed by atoms with E-state index in [-0.39, 0.29) is 70.3 Å². The van der Waals surface area contributed by atoms with Gasteiger partial charge in [-0.15, -0.1) is 0 Å². The van der Waals surface area contributed by atoms with E-state index in [1.165, 1.54) is 18.2 Å². The Labute approximate surface area is 153 Å². The summed E-state index contributed by atoms with van der Waals surface area (Å²) < 4.78 is 52.9. The Balaban J connectivity index is 0.00000324. The molecule has 0 bridgehead atoms. The third kappa shape index (κ3) is 7.69. The zero-order valence-corrected chi connectivity index (χ0v) is 14.2. The molecule has 102 valence electrons. The average Bonchev–Trinajstić information content (AvgIpc) is 2.33. The van der Waals surface area contributed by atoms with Crippen LogP contribution in [0.4, 0.5) is 12.9 Å². The fourth-order valence-corrected chi connectivity index (χ4v) is 1.34. The van der Waals surface area contributed by atoms with Crippen LogP contribution >= 0.6 is 0 Å². The van der Waals surface area contributed by atoms with Crippen LogP contribution in [-0.4, -0.2) is 40.5 Å². The Hall–Kier alpha value is 0.431. The fraction of sp³-hybridized carbons (Fsp3) is 0.455. The van der Waals surface area contributed by atoms with Gasteiger partial charge in [0.25, 0.3) is 0 Å². The van der Waals surface area contributed by atoms with Crippen molar-refractivity contribution < 1.29 is 78.5 Å². The number of hydrogen-bond donors (Lipinski definition) is 0. The molecule has 0 saturated heterocycles. The molecule has 0 saturated carbocycles. The fourth-order valence-electron chi connectivity index (χ4n) is 1.34. The Morgan fingerprint density at radius 3 is 2.26 bits per heavy atom. The number of benzene rings is 1. The predicted molar refractivity (Wildman–Crippen MR) is 63.3 cm³/mol. The van der Waals surface area contributed by atoms with Crippen LogP contribution in [-0.2, 0) is 9.47 Å². The maximum absolute atomic E-state index is 12.7. The first-order valence-corrected chi connectivity index (χ1v) is 5.54. The summed E-state index contributed by atoms with van der Waals surface area (Å²) in [4.78, 5) is 0. The maximum Gasteiger partial charge on any atom is 1.00 e. The second kappa shape index (κ2) is 10.2. The van der Waals surface area contributed by atoms with Gasteiger partial charge in [0.1, 0.15) is 6.61 Å². The molecule has 0 aliphatic rings. The summed E-state index contributed by atoms with van der Waals surface area (Å²) in [5, 5.41) is 0. The van der Waals surface area contributed by atoms with E-state index in [2.05, 4.69) is 0 Å². The van der Waals surface area contributed by atoms with Gasteiger partial charge in [-0.1, -0.05) is 23.7 Å². The smallest absolute Gasteiger partial charge is 0.494 e. The van der Waals surface area contributed by atoms with Crippen LogP contribution in [0.2, 0.25) is 0 Å². The van der Waals surface area contributed by atoms with Gasteiger partial charge in [-0.3, -0.25) is 0 Å². The molecule has 0 atom stereocenters. The molecule has 19 heavy (non-hydrogen) atoms. The van der Waals surface area contributed by atoms with E-state index in [4.69, 9.17) is 14.2 Å². The predicted octanol–water partition coefficient (Wildman–Crippen LogP) is -1.21. The molecule has 3 nitrogen and oxygen atoms in total. The van der Waals surface area contributed by atoms with Gasteiger partial charge in [0, 0.05) is 7.11 Å². The molecule has 1 rings (SSSR count). The van der Waals surface area contributed by atoms with Gasteiger partial charge in [0.15, 0.2) is 0 Å². The minimum absolute atomic E-state index is 0. The Morgan fingerprint density at radius 2 is 1.63 bits per heavy atom. The normalized spacial score (nSPS) is 10.9. The van der Waals surface area contributed by atoms with E-state index >= 15 is 0 Å². The molecular weight excluding hydrogens is 287 g/mol. The quantitative estimate of drug-likeness (QED) is 0.445. The van der Waals surface area contributed by atoms with Crippen molar-refractivity contribution in [2.24, 2.45) is 0 Å². The molecule has 0 fully saturated rings. The van der Waals surface area contributed by atoms with Gasteiger partial charge in [-0.25, -0.2) is 0 Å². The van der Waals surface area contributed by atoms with Gasteiger partial charge in [-0.2, -0.15) is 0 Å². The van der Waals surface area contributed by atoms with Crippen molar-refractivity contribution in [3.8, 4) is 5.75 Å². The molecule has 0 aromatic heterocycles. The van der Waals surface area contributed by atoms with Crippen LogP contribution in [0.3, 0.4) is 0 Å². The molecule has 0 N–H and O–H groups in total. The maximum atomic E-state index is 12.7. The zero-order chi connectivity index (χ0) is 13.4. The van der Waals surface area contributed by atoms with Crippen LogP contribution in [0.5, 0.6) is 5.75 Å². The van der Waals surface area contributed by atoms with E-state index in [9.17, 15) is 12.9 Å². The summed E-state index contributed by atoms with van der Waals surface area (Å²) in [5.74, 6) is -0.152. The van der Waals surface area contributed by atoms with Crippen LogP contribution in [0.25, 0.3) is 0 Å². The molecule has 1 aromatic rings. The van der Waals surface area contributed by atoms with Crippen molar-refractivity contribution in [1.82, 2.24) is 0 Å². The Kier molecular flexibility index (Phi) is 10.4. The number of rotatable bonds is 8. The van der Waals surface area contributed by atoms with E-state index in [1.807, 2.05) is 0 Å². The first-order valence-electron chi connectivity index (χ1n) is 5.54. The SMILES string of the molecule is COCCOCCOc1ccccc1[B-](F)(F)F.[K+]. The molecule has 0 amide bonds. The molecule has 1 aromatic carbocycles. The minimum atomic E-state index is -5.06. The van der Waals surface area contributed by atoms with Crippen molar-refractivity contribution >= 4 is 12.4 Å². The second-order valence-electron chi connectivity index (χ2n) is 3.57. The second-order valence-corrected chi connectivity index (χ2v) is 3.57. The first kappa shape index (κ1) is 19.4. The first-order chi connectivity index (χ1) is 8.55. The standard InChI is InChI=1S/C11H15BF3O3.K/c1-16-6-7-17-8-9-18-11-5-3-2-4-10(11)12(13,14)15;/h2-5H,6-9H2,1H3;/q-1;+1. The average molecular weight is 302 g/mol. The minimum Gasteiger partial charge on any atom is -0.494 e. The van der Waals surface area contributed by atoms with Crippen LogP contribution in [0.15, 0.2) is 24.3 Å².